The summed E-state index contributed by atoms with van der Waals surface area (Å²) in [5, 5.41) is 19.5. The van der Waals surface area contributed by atoms with Gasteiger partial charge in [-0.15, -0.1) is 0 Å². The molecule has 1 aromatic carbocycles. The molecule has 0 fully saturated rings. The summed E-state index contributed by atoms with van der Waals surface area (Å²) >= 11 is 0. The van der Waals surface area contributed by atoms with E-state index in [-0.39, 0.29) is 0 Å². The molecule has 0 aliphatic heterocycles. The molecule has 1 atom stereocenters. The normalized spacial score (nSPS) is 12.2. The number of nitrogens with zero attached hydrogens (tertiary/aromatic N) is 1. The Morgan fingerprint density at radius 1 is 1.36 bits per heavy atom. The molecular weight excluding hydrogens is 182 g/mol. The van der Waals surface area contributed by atoms with Crippen LogP contribution in [-0.4, -0.2) is 25.2 Å². The summed E-state index contributed by atoms with van der Waals surface area (Å²) < 4.78 is 0. The van der Waals surface area contributed by atoms with Crippen molar-refractivity contribution in [2.75, 3.05) is 19.0 Å². The molecular formula is C10H12NO3-. The lowest BCUT2D eigenvalue weighted by Gasteiger charge is -2.15. The van der Waals surface area contributed by atoms with Crippen molar-refractivity contribution in [2.45, 2.75) is 6.10 Å². The highest BCUT2D eigenvalue weighted by Gasteiger charge is 2.07. The van der Waals surface area contributed by atoms with Crippen LogP contribution < -0.4 is 10.0 Å². The first-order chi connectivity index (χ1) is 6.52. The van der Waals surface area contributed by atoms with Gasteiger partial charge in [-0.25, -0.2) is 0 Å². The van der Waals surface area contributed by atoms with Crippen LogP contribution in [0.5, 0.6) is 0 Å². The lowest BCUT2D eigenvalue weighted by molar-refractivity contribution is -0.315. The summed E-state index contributed by atoms with van der Waals surface area (Å²) in [6, 6.07) is 6.61. The fraction of sp³-hybridized carbons (Fsp3) is 0.300. The first kappa shape index (κ1) is 10.5. The molecule has 4 heteroatoms. The molecule has 0 saturated heterocycles. The molecule has 0 radical (unpaired) electrons. The first-order valence-electron chi connectivity index (χ1n) is 4.18. The van der Waals surface area contributed by atoms with Crippen LogP contribution in [0.25, 0.3) is 0 Å². The zero-order valence-electron chi connectivity index (χ0n) is 8.10. The summed E-state index contributed by atoms with van der Waals surface area (Å²) in [5.41, 5.74) is 1.27. The Kier molecular flexibility index (Phi) is 3.09. The summed E-state index contributed by atoms with van der Waals surface area (Å²) in [6.45, 7) is 0. The van der Waals surface area contributed by atoms with Gasteiger partial charge in [0.1, 0.15) is 6.10 Å². The van der Waals surface area contributed by atoms with E-state index >= 15 is 0 Å². The molecule has 14 heavy (non-hydrogen) atoms. The fourth-order valence-electron chi connectivity index (χ4n) is 1.09. The van der Waals surface area contributed by atoms with Crippen molar-refractivity contribution < 1.29 is 15.0 Å². The van der Waals surface area contributed by atoms with Gasteiger partial charge in [-0.3, -0.25) is 0 Å². The van der Waals surface area contributed by atoms with E-state index in [9.17, 15) is 9.90 Å². The van der Waals surface area contributed by atoms with Crippen LogP contribution in [-0.2, 0) is 4.79 Å². The van der Waals surface area contributed by atoms with Crippen LogP contribution in [0.3, 0.4) is 0 Å². The Morgan fingerprint density at radius 2 is 1.86 bits per heavy atom. The van der Waals surface area contributed by atoms with Crippen LogP contribution in [0, 0.1) is 0 Å². The van der Waals surface area contributed by atoms with Crippen LogP contribution in [0.15, 0.2) is 24.3 Å². The topological polar surface area (TPSA) is 63.6 Å². The number of hydrogen-bond donors (Lipinski definition) is 1. The van der Waals surface area contributed by atoms with Gasteiger partial charge in [0.25, 0.3) is 0 Å². The van der Waals surface area contributed by atoms with E-state index in [4.69, 9.17) is 5.11 Å². The first-order valence-corrected chi connectivity index (χ1v) is 4.18. The maximum Gasteiger partial charge on any atom is 0.118 e. The standard InChI is InChI=1S/C10H13NO3/c1-11(2)8-5-3-7(4-6-8)9(12)10(13)14/h3-6,9,12H,1-2H3,(H,13,14)/p-1/t9-/m0/s1. The van der Waals surface area contributed by atoms with Gasteiger partial charge in [0, 0.05) is 19.8 Å². The lowest BCUT2D eigenvalue weighted by atomic mass is 10.1. The monoisotopic (exact) mass is 194 g/mol. The van der Waals surface area contributed by atoms with E-state index in [1.54, 1.807) is 24.3 Å². The highest BCUT2D eigenvalue weighted by molar-refractivity contribution is 5.72. The third kappa shape index (κ3) is 2.23. The van der Waals surface area contributed by atoms with Crippen molar-refractivity contribution in [1.82, 2.24) is 0 Å². The largest absolute Gasteiger partial charge is 0.547 e. The van der Waals surface area contributed by atoms with E-state index in [1.807, 2.05) is 19.0 Å². The van der Waals surface area contributed by atoms with Crippen LogP contribution in [0.1, 0.15) is 11.7 Å². The molecule has 0 spiro atoms. The molecule has 0 amide bonds. The number of carboxylic acids is 1. The third-order valence-electron chi connectivity index (χ3n) is 1.95. The average Bonchev–Trinajstić information content (AvgIpc) is 2.16. The summed E-state index contributed by atoms with van der Waals surface area (Å²) in [6.07, 6.45) is -1.55. The molecule has 1 N–H and O–H groups in total. The van der Waals surface area contributed by atoms with Gasteiger partial charge in [0.15, 0.2) is 0 Å². The molecule has 1 aromatic rings. The Labute approximate surface area is 82.4 Å². The molecule has 0 unspecified atom stereocenters. The fourth-order valence-corrected chi connectivity index (χ4v) is 1.09. The lowest BCUT2D eigenvalue weighted by Crippen LogP contribution is -2.29. The number of carbonyl (C=O) groups is 1. The number of rotatable bonds is 3. The minimum absolute atomic E-state index is 0.329. The van der Waals surface area contributed by atoms with Gasteiger partial charge in [-0.2, -0.15) is 0 Å². The molecule has 0 saturated carbocycles. The molecule has 76 valence electrons. The van der Waals surface area contributed by atoms with E-state index < -0.39 is 12.1 Å². The molecule has 0 aliphatic carbocycles. The number of carbonyl (C=O) groups excluding carboxylic acids is 1. The Hall–Kier alpha value is -1.55. The predicted octanol–water partition coefficient (Wildman–Crippen LogP) is -0.464. The zero-order chi connectivity index (χ0) is 10.7. The highest BCUT2D eigenvalue weighted by atomic mass is 16.4. The second-order valence-electron chi connectivity index (χ2n) is 3.21. The van der Waals surface area contributed by atoms with Gasteiger partial charge in [0.2, 0.25) is 0 Å². The van der Waals surface area contributed by atoms with Gasteiger partial charge >= 0.3 is 0 Å². The molecule has 0 heterocycles. The molecule has 1 rings (SSSR count). The predicted molar refractivity (Wildman–Crippen MR) is 50.7 cm³/mol. The van der Waals surface area contributed by atoms with E-state index in [1.165, 1.54) is 0 Å². The SMILES string of the molecule is CN(C)c1ccc([C@H](O)C(=O)[O-])cc1. The van der Waals surface area contributed by atoms with Crippen molar-refractivity contribution in [3.05, 3.63) is 29.8 Å². The zero-order valence-corrected chi connectivity index (χ0v) is 8.10. The smallest absolute Gasteiger partial charge is 0.118 e. The van der Waals surface area contributed by atoms with Gasteiger partial charge in [-0.1, -0.05) is 12.1 Å². The van der Waals surface area contributed by atoms with Crippen molar-refractivity contribution in [3.8, 4) is 0 Å². The van der Waals surface area contributed by atoms with E-state index in [2.05, 4.69) is 0 Å². The number of hydrogen-bond acceptors (Lipinski definition) is 4. The number of aliphatic carboxylic acids is 1. The van der Waals surface area contributed by atoms with Gasteiger partial charge in [0.05, 0.1) is 5.97 Å². The van der Waals surface area contributed by atoms with Crippen LogP contribution >= 0.6 is 0 Å². The summed E-state index contributed by atoms with van der Waals surface area (Å²) in [7, 11) is 3.76. The van der Waals surface area contributed by atoms with Crippen LogP contribution in [0.4, 0.5) is 5.69 Å². The van der Waals surface area contributed by atoms with Crippen molar-refractivity contribution in [1.29, 1.82) is 0 Å². The summed E-state index contributed by atoms with van der Waals surface area (Å²) in [4.78, 5) is 12.2. The molecule has 0 aliphatic rings. The molecule has 0 aromatic heterocycles. The quantitative estimate of drug-likeness (QED) is 0.707. The average molecular weight is 194 g/mol. The van der Waals surface area contributed by atoms with E-state index in [0.717, 1.165) is 5.69 Å². The minimum Gasteiger partial charge on any atom is -0.547 e. The van der Waals surface area contributed by atoms with Gasteiger partial charge < -0.3 is 19.9 Å². The number of carboxylic acid groups (broad SMARTS) is 1. The number of benzene rings is 1. The molecule has 4 nitrogen and oxygen atoms in total. The van der Waals surface area contributed by atoms with Crippen molar-refractivity contribution in [2.24, 2.45) is 0 Å². The van der Waals surface area contributed by atoms with Gasteiger partial charge in [-0.05, 0) is 17.7 Å². The Bertz CT molecular complexity index is 319. The highest BCUT2D eigenvalue weighted by Crippen LogP contribution is 2.17. The second-order valence-corrected chi connectivity index (χ2v) is 3.21. The third-order valence-corrected chi connectivity index (χ3v) is 1.95. The number of anilines is 1. The second kappa shape index (κ2) is 4.11. The maximum atomic E-state index is 10.3. The molecule has 0 bridgehead atoms. The maximum absolute atomic E-state index is 10.3. The summed E-state index contributed by atoms with van der Waals surface area (Å²) in [5.74, 6) is -1.48. The Morgan fingerprint density at radius 3 is 2.21 bits per heavy atom. The van der Waals surface area contributed by atoms with Crippen molar-refractivity contribution >= 4 is 11.7 Å². The Balaban J connectivity index is 2.88. The van der Waals surface area contributed by atoms with E-state index in [0.29, 0.717) is 5.56 Å². The minimum atomic E-state index is -1.55. The van der Waals surface area contributed by atoms with Crippen molar-refractivity contribution in [3.63, 3.8) is 0 Å². The number of aliphatic hydroxyl groups excluding tert-OH is 1. The number of aliphatic hydroxyl groups is 1. The van der Waals surface area contributed by atoms with Crippen LogP contribution in [0.2, 0.25) is 0 Å².